The molecule has 0 aliphatic heterocycles. The number of aliphatic hydroxyl groups is 1. The normalized spacial score (nSPS) is 33.2. The first kappa shape index (κ1) is 16.9. The van der Waals surface area contributed by atoms with Crippen LogP contribution in [0.1, 0.15) is 45.5 Å². The summed E-state index contributed by atoms with van der Waals surface area (Å²) in [5, 5.41) is 11.7. The van der Waals surface area contributed by atoms with Gasteiger partial charge in [0.25, 0.3) is 0 Å². The summed E-state index contributed by atoms with van der Waals surface area (Å²) in [4.78, 5) is 16.6. The number of hydrogen-bond donors (Lipinski definition) is 1. The summed E-state index contributed by atoms with van der Waals surface area (Å²) in [5.74, 6) is -0.177. The number of rotatable bonds is 3. The molecule has 0 unspecified atom stereocenters. The van der Waals surface area contributed by atoms with E-state index in [1.54, 1.807) is 6.20 Å². The second-order valence-electron chi connectivity index (χ2n) is 6.38. The molecular weight excluding hydrogens is 354 g/mol. The van der Waals surface area contributed by atoms with Crippen molar-refractivity contribution in [2.24, 2.45) is 17.8 Å². The molecule has 4 atom stereocenters. The summed E-state index contributed by atoms with van der Waals surface area (Å²) in [6.45, 7) is 7.74. The fraction of sp³-hybridized carbons (Fsp3) is 0.733. The third kappa shape index (κ3) is 3.66. The van der Waals surface area contributed by atoms with Gasteiger partial charge in [-0.25, -0.2) is 4.98 Å². The van der Waals surface area contributed by atoms with Crippen molar-refractivity contribution >= 4 is 33.2 Å². The van der Waals surface area contributed by atoms with E-state index < -0.39 is 5.60 Å². The lowest BCUT2D eigenvalue weighted by Gasteiger charge is -2.42. The minimum atomic E-state index is -0.940. The number of esters is 1. The van der Waals surface area contributed by atoms with Crippen molar-refractivity contribution in [1.82, 2.24) is 4.98 Å². The summed E-state index contributed by atoms with van der Waals surface area (Å²) < 4.78 is 6.28. The van der Waals surface area contributed by atoms with Gasteiger partial charge in [-0.1, -0.05) is 13.8 Å². The number of aromatic nitrogens is 1. The average Bonchev–Trinajstić information content (AvgIpc) is 2.74. The van der Waals surface area contributed by atoms with Gasteiger partial charge < -0.3 is 9.84 Å². The van der Waals surface area contributed by atoms with Gasteiger partial charge in [0, 0.05) is 0 Å². The summed E-state index contributed by atoms with van der Waals surface area (Å²) in [6, 6.07) is 0. The van der Waals surface area contributed by atoms with Crippen molar-refractivity contribution in [2.45, 2.75) is 52.2 Å². The molecule has 1 aliphatic rings. The molecule has 6 heteroatoms. The van der Waals surface area contributed by atoms with Crippen LogP contribution in [0.25, 0.3) is 0 Å². The van der Waals surface area contributed by atoms with Gasteiger partial charge in [0.2, 0.25) is 0 Å². The van der Waals surface area contributed by atoms with Crippen molar-refractivity contribution in [3.05, 3.63) is 15.0 Å². The highest BCUT2D eigenvalue weighted by molar-refractivity contribution is 9.11. The molecule has 21 heavy (non-hydrogen) atoms. The van der Waals surface area contributed by atoms with E-state index in [0.717, 1.165) is 8.79 Å². The fourth-order valence-corrected chi connectivity index (χ4v) is 4.70. The van der Waals surface area contributed by atoms with Crippen LogP contribution in [-0.4, -0.2) is 22.2 Å². The lowest BCUT2D eigenvalue weighted by atomic mass is 9.67. The van der Waals surface area contributed by atoms with E-state index in [1.165, 1.54) is 11.3 Å². The zero-order valence-corrected chi connectivity index (χ0v) is 15.2. The zero-order chi connectivity index (χ0) is 15.8. The Labute approximate surface area is 138 Å². The number of halogens is 1. The van der Waals surface area contributed by atoms with Gasteiger partial charge in [0.05, 0.1) is 22.0 Å². The third-order valence-electron chi connectivity index (χ3n) is 4.05. The summed E-state index contributed by atoms with van der Waals surface area (Å²) in [6.07, 6.45) is 2.68. The van der Waals surface area contributed by atoms with Crippen LogP contribution in [0.4, 0.5) is 0 Å². The Morgan fingerprint density at radius 3 is 2.48 bits per heavy atom. The Bertz CT molecular complexity index is 505. The lowest BCUT2D eigenvalue weighted by molar-refractivity contribution is -0.163. The van der Waals surface area contributed by atoms with Gasteiger partial charge >= 0.3 is 5.97 Å². The first-order valence-corrected chi connectivity index (χ1v) is 8.88. The molecule has 1 saturated carbocycles. The van der Waals surface area contributed by atoms with Crippen LogP contribution in [0.2, 0.25) is 0 Å². The van der Waals surface area contributed by atoms with Crippen molar-refractivity contribution in [3.63, 3.8) is 0 Å². The van der Waals surface area contributed by atoms with Crippen molar-refractivity contribution < 1.29 is 14.6 Å². The van der Waals surface area contributed by atoms with Gasteiger partial charge in [0.15, 0.2) is 0 Å². The Morgan fingerprint density at radius 1 is 1.48 bits per heavy atom. The molecule has 1 N–H and O–H groups in total. The van der Waals surface area contributed by atoms with Crippen molar-refractivity contribution in [2.75, 3.05) is 0 Å². The van der Waals surface area contributed by atoms with Crippen LogP contribution < -0.4 is 0 Å². The number of carbonyl (C=O) groups excluding carboxylic acids is 1. The first-order valence-electron chi connectivity index (χ1n) is 7.27. The molecule has 1 aromatic heterocycles. The standard InChI is InChI=1S/C15H22BrNO3S/c1-8(2)20-13(18)12-9(3)5-15(19,6-10(12)4)14-17-7-11(16)21-14/h7-10,12,19H,5-6H2,1-4H3/t9-,10+,12+,15-. The molecule has 118 valence electrons. The molecule has 4 nitrogen and oxygen atoms in total. The summed E-state index contributed by atoms with van der Waals surface area (Å²) >= 11 is 4.84. The van der Waals surface area contributed by atoms with Crippen molar-refractivity contribution in [3.8, 4) is 0 Å². The first-order chi connectivity index (χ1) is 9.73. The largest absolute Gasteiger partial charge is 0.463 e. The molecule has 0 bridgehead atoms. The van der Waals surface area contributed by atoms with Crippen LogP contribution in [0.15, 0.2) is 9.98 Å². The van der Waals surface area contributed by atoms with E-state index in [2.05, 4.69) is 20.9 Å². The molecule has 0 aromatic carbocycles. The van der Waals surface area contributed by atoms with Crippen LogP contribution in [0, 0.1) is 17.8 Å². The Balaban J connectivity index is 2.16. The highest BCUT2D eigenvalue weighted by Crippen LogP contribution is 2.47. The number of thiazole rings is 1. The molecule has 1 fully saturated rings. The van der Waals surface area contributed by atoms with Gasteiger partial charge in [-0.2, -0.15) is 0 Å². The van der Waals surface area contributed by atoms with E-state index in [0.29, 0.717) is 12.8 Å². The van der Waals surface area contributed by atoms with Gasteiger partial charge in [-0.3, -0.25) is 4.79 Å². The lowest BCUT2D eigenvalue weighted by Crippen LogP contribution is -2.44. The second-order valence-corrected chi connectivity index (χ2v) is 8.79. The number of hydrogen-bond acceptors (Lipinski definition) is 5. The molecule has 0 spiro atoms. The molecule has 0 saturated heterocycles. The van der Waals surface area contributed by atoms with Crippen LogP contribution >= 0.6 is 27.3 Å². The van der Waals surface area contributed by atoms with E-state index in [9.17, 15) is 9.90 Å². The van der Waals surface area contributed by atoms with Gasteiger partial charge in [-0.15, -0.1) is 11.3 Å². The Kier molecular flexibility index (Phi) is 5.11. The quantitative estimate of drug-likeness (QED) is 0.817. The molecular formula is C15H22BrNO3S. The average molecular weight is 376 g/mol. The molecule has 2 rings (SSSR count). The maximum absolute atomic E-state index is 12.3. The number of carbonyl (C=O) groups is 1. The molecule has 1 aliphatic carbocycles. The topological polar surface area (TPSA) is 59.4 Å². The van der Waals surface area contributed by atoms with E-state index in [4.69, 9.17) is 4.74 Å². The summed E-state index contributed by atoms with van der Waals surface area (Å²) in [5.41, 5.74) is -0.940. The molecule has 1 heterocycles. The van der Waals surface area contributed by atoms with Gasteiger partial charge in [0.1, 0.15) is 10.6 Å². The number of nitrogens with zero attached hydrogens (tertiary/aromatic N) is 1. The zero-order valence-electron chi connectivity index (χ0n) is 12.8. The predicted molar refractivity (Wildman–Crippen MR) is 86.0 cm³/mol. The van der Waals surface area contributed by atoms with Crippen LogP contribution in [0.3, 0.4) is 0 Å². The SMILES string of the molecule is CC(C)OC(=O)[C@H]1[C@H](C)C[C@](O)(c2ncc(Br)s2)C[C@@H]1C. The fourth-order valence-electron chi connectivity index (χ4n) is 3.38. The van der Waals surface area contributed by atoms with Crippen LogP contribution in [0.5, 0.6) is 0 Å². The smallest absolute Gasteiger partial charge is 0.309 e. The minimum absolute atomic E-state index is 0.0627. The number of ether oxygens (including phenoxy) is 1. The predicted octanol–water partition coefficient (Wildman–Crippen LogP) is 3.73. The van der Waals surface area contributed by atoms with Gasteiger partial charge in [-0.05, 0) is 54.5 Å². The summed E-state index contributed by atoms with van der Waals surface area (Å²) in [7, 11) is 0. The highest BCUT2D eigenvalue weighted by Gasteiger charge is 2.47. The van der Waals surface area contributed by atoms with E-state index >= 15 is 0 Å². The van der Waals surface area contributed by atoms with Crippen molar-refractivity contribution in [1.29, 1.82) is 0 Å². The second kappa shape index (κ2) is 6.34. The minimum Gasteiger partial charge on any atom is -0.463 e. The highest BCUT2D eigenvalue weighted by atomic mass is 79.9. The van der Waals surface area contributed by atoms with Crippen LogP contribution in [-0.2, 0) is 15.1 Å². The Morgan fingerprint density at radius 2 is 2.05 bits per heavy atom. The Hall–Kier alpha value is -0.460. The monoisotopic (exact) mass is 375 g/mol. The maximum atomic E-state index is 12.3. The maximum Gasteiger partial charge on any atom is 0.309 e. The molecule has 1 aromatic rings. The van der Waals surface area contributed by atoms with E-state index in [1.807, 2.05) is 27.7 Å². The molecule has 0 amide bonds. The third-order valence-corrected chi connectivity index (χ3v) is 5.71. The molecule has 0 radical (unpaired) electrons. The van der Waals surface area contributed by atoms with E-state index in [-0.39, 0.29) is 29.8 Å².